The van der Waals surface area contributed by atoms with Gasteiger partial charge >= 0.3 is 23.8 Å². The molecule has 4 aliphatic rings. The van der Waals surface area contributed by atoms with Crippen molar-refractivity contribution in [3.63, 3.8) is 0 Å². The number of alkyl halides is 2. The molecule has 4 fully saturated rings. The summed E-state index contributed by atoms with van der Waals surface area (Å²) in [4.78, 5) is 35.8. The van der Waals surface area contributed by atoms with E-state index in [1.54, 1.807) is 6.92 Å². The van der Waals surface area contributed by atoms with Crippen molar-refractivity contribution in [1.82, 2.24) is 0 Å². The molecule has 164 valence electrons. The van der Waals surface area contributed by atoms with Crippen molar-refractivity contribution in [2.75, 3.05) is 19.8 Å². The zero-order chi connectivity index (χ0) is 21.2. The molecule has 0 aliphatic heterocycles. The minimum absolute atomic E-state index is 0.294. The topological polar surface area (TPSA) is 78.9 Å². The Labute approximate surface area is 169 Å². The first-order valence-electron chi connectivity index (χ1n) is 10.5. The second-order valence-corrected chi connectivity index (χ2v) is 9.09. The summed E-state index contributed by atoms with van der Waals surface area (Å²) in [5.74, 6) is -5.65. The van der Waals surface area contributed by atoms with E-state index < -0.39 is 42.5 Å². The highest BCUT2D eigenvalue weighted by Crippen LogP contribution is 2.60. The van der Waals surface area contributed by atoms with E-state index in [2.05, 4.69) is 4.74 Å². The lowest BCUT2D eigenvalue weighted by Gasteiger charge is -2.55. The average molecular weight is 416 g/mol. The standard InChI is InChI=1S/C21H30F2O6/c1-3-13(2)17(24)27-4-5-28-19(26)21(22,23)12-29-18(25)20-9-14-6-15(10-20)8-16(7-14)11-20/h13-16H,3-12H2,1-2H3. The van der Waals surface area contributed by atoms with Gasteiger partial charge in [0, 0.05) is 0 Å². The molecule has 0 aromatic rings. The Morgan fingerprint density at radius 3 is 2.00 bits per heavy atom. The van der Waals surface area contributed by atoms with Crippen LogP contribution in [0.3, 0.4) is 0 Å². The molecule has 6 nitrogen and oxygen atoms in total. The molecule has 0 spiro atoms. The number of carbonyl (C=O) groups is 3. The largest absolute Gasteiger partial charge is 0.462 e. The predicted molar refractivity (Wildman–Crippen MR) is 97.9 cm³/mol. The van der Waals surface area contributed by atoms with Crippen LogP contribution in [0.5, 0.6) is 0 Å². The van der Waals surface area contributed by atoms with E-state index in [1.807, 2.05) is 6.92 Å². The molecule has 4 bridgehead atoms. The molecule has 4 aliphatic carbocycles. The fourth-order valence-electron chi connectivity index (χ4n) is 5.42. The Hall–Kier alpha value is -1.73. The lowest BCUT2D eigenvalue weighted by molar-refractivity contribution is -0.193. The number of hydrogen-bond donors (Lipinski definition) is 0. The van der Waals surface area contributed by atoms with Crippen molar-refractivity contribution in [3.8, 4) is 0 Å². The molecule has 4 saturated carbocycles. The fourth-order valence-corrected chi connectivity index (χ4v) is 5.42. The summed E-state index contributed by atoms with van der Waals surface area (Å²) < 4.78 is 42.4. The number of ether oxygens (including phenoxy) is 3. The zero-order valence-electron chi connectivity index (χ0n) is 17.1. The number of halogens is 2. The number of carbonyl (C=O) groups excluding carboxylic acids is 3. The molecule has 0 amide bonds. The number of rotatable bonds is 9. The van der Waals surface area contributed by atoms with E-state index in [0.717, 1.165) is 19.3 Å². The van der Waals surface area contributed by atoms with Gasteiger partial charge in [0.25, 0.3) is 0 Å². The smallest absolute Gasteiger partial charge is 0.380 e. The normalized spacial score (nSPS) is 31.2. The lowest BCUT2D eigenvalue weighted by Crippen LogP contribution is -2.51. The SMILES string of the molecule is CCC(C)C(=O)OCCOC(=O)C(F)(F)COC(=O)C12CC3CC(CC(C3)C1)C2. The summed E-state index contributed by atoms with van der Waals surface area (Å²) in [6, 6.07) is 0. The maximum atomic E-state index is 14.1. The molecule has 1 atom stereocenters. The van der Waals surface area contributed by atoms with E-state index in [4.69, 9.17) is 9.47 Å². The number of hydrogen-bond acceptors (Lipinski definition) is 6. The van der Waals surface area contributed by atoms with E-state index in [9.17, 15) is 23.2 Å². The predicted octanol–water partition coefficient (Wildman–Crippen LogP) is 3.51. The summed E-state index contributed by atoms with van der Waals surface area (Å²) in [7, 11) is 0. The summed E-state index contributed by atoms with van der Waals surface area (Å²) in [5.41, 5.74) is -0.654. The van der Waals surface area contributed by atoms with Gasteiger partial charge in [-0.05, 0) is 62.7 Å². The number of esters is 3. The Morgan fingerprint density at radius 1 is 0.966 bits per heavy atom. The third-order valence-corrected chi connectivity index (χ3v) is 6.73. The van der Waals surface area contributed by atoms with Gasteiger partial charge in [-0.15, -0.1) is 0 Å². The quantitative estimate of drug-likeness (QED) is 0.325. The Kier molecular flexibility index (Phi) is 6.48. The van der Waals surface area contributed by atoms with Crippen LogP contribution in [0, 0.1) is 29.1 Å². The van der Waals surface area contributed by atoms with Crippen LogP contribution in [0.1, 0.15) is 58.8 Å². The van der Waals surface area contributed by atoms with E-state index in [-0.39, 0.29) is 12.5 Å². The van der Waals surface area contributed by atoms with Crippen LogP contribution in [0.25, 0.3) is 0 Å². The minimum Gasteiger partial charge on any atom is -0.462 e. The highest BCUT2D eigenvalue weighted by atomic mass is 19.3. The fraction of sp³-hybridized carbons (Fsp3) is 0.857. The van der Waals surface area contributed by atoms with Crippen LogP contribution in [-0.2, 0) is 28.6 Å². The molecule has 0 saturated heterocycles. The van der Waals surface area contributed by atoms with Crippen LogP contribution >= 0.6 is 0 Å². The van der Waals surface area contributed by atoms with Gasteiger partial charge in [-0.25, -0.2) is 4.79 Å². The summed E-state index contributed by atoms with van der Waals surface area (Å²) in [6.45, 7) is 1.41. The molecular formula is C21H30F2O6. The molecule has 0 aromatic carbocycles. The molecule has 0 N–H and O–H groups in total. The van der Waals surface area contributed by atoms with Crippen molar-refractivity contribution >= 4 is 17.9 Å². The summed E-state index contributed by atoms with van der Waals surface area (Å²) >= 11 is 0. The maximum Gasteiger partial charge on any atom is 0.380 e. The Balaban J connectivity index is 1.43. The summed E-state index contributed by atoms with van der Waals surface area (Å²) in [5, 5.41) is 0. The monoisotopic (exact) mass is 416 g/mol. The third-order valence-electron chi connectivity index (χ3n) is 6.73. The van der Waals surface area contributed by atoms with Gasteiger partial charge in [-0.3, -0.25) is 9.59 Å². The van der Waals surface area contributed by atoms with Crippen molar-refractivity contribution in [1.29, 1.82) is 0 Å². The van der Waals surface area contributed by atoms with Gasteiger partial charge in [0.2, 0.25) is 0 Å². The lowest BCUT2D eigenvalue weighted by atomic mass is 9.49. The van der Waals surface area contributed by atoms with Crippen molar-refractivity contribution in [2.24, 2.45) is 29.1 Å². The second kappa shape index (κ2) is 8.56. The minimum atomic E-state index is -3.93. The molecule has 8 heteroatoms. The molecule has 4 rings (SSSR count). The molecular weight excluding hydrogens is 386 g/mol. The third kappa shape index (κ3) is 4.89. The van der Waals surface area contributed by atoms with Gasteiger partial charge in [0.1, 0.15) is 13.2 Å². The molecule has 0 heterocycles. The second-order valence-electron chi connectivity index (χ2n) is 9.09. The van der Waals surface area contributed by atoms with Crippen LogP contribution < -0.4 is 0 Å². The van der Waals surface area contributed by atoms with Gasteiger partial charge in [0.15, 0.2) is 6.61 Å². The highest BCUT2D eigenvalue weighted by molar-refractivity contribution is 5.80. The molecule has 0 radical (unpaired) electrons. The first-order valence-corrected chi connectivity index (χ1v) is 10.5. The molecule has 0 aromatic heterocycles. The molecule has 1 unspecified atom stereocenters. The van der Waals surface area contributed by atoms with Gasteiger partial charge in [0.05, 0.1) is 11.3 Å². The van der Waals surface area contributed by atoms with Crippen LogP contribution in [-0.4, -0.2) is 43.7 Å². The van der Waals surface area contributed by atoms with Crippen molar-refractivity contribution < 1.29 is 37.4 Å². The zero-order valence-corrected chi connectivity index (χ0v) is 17.1. The highest BCUT2D eigenvalue weighted by Gasteiger charge is 2.56. The molecule has 29 heavy (non-hydrogen) atoms. The van der Waals surface area contributed by atoms with Crippen molar-refractivity contribution in [3.05, 3.63) is 0 Å². The van der Waals surface area contributed by atoms with E-state index in [0.29, 0.717) is 43.4 Å². The Morgan fingerprint density at radius 2 is 1.48 bits per heavy atom. The van der Waals surface area contributed by atoms with Gasteiger partial charge < -0.3 is 14.2 Å². The Bertz CT molecular complexity index is 612. The van der Waals surface area contributed by atoms with Gasteiger partial charge in [-0.2, -0.15) is 8.78 Å². The van der Waals surface area contributed by atoms with Crippen molar-refractivity contribution in [2.45, 2.75) is 64.7 Å². The van der Waals surface area contributed by atoms with Crippen LogP contribution in [0.2, 0.25) is 0 Å². The first kappa shape index (κ1) is 22.0. The summed E-state index contributed by atoms with van der Waals surface area (Å²) in [6.07, 6.45) is 6.07. The average Bonchev–Trinajstić information content (AvgIpc) is 2.67. The first-order chi connectivity index (χ1) is 13.6. The van der Waals surface area contributed by atoms with Crippen LogP contribution in [0.15, 0.2) is 0 Å². The van der Waals surface area contributed by atoms with E-state index in [1.165, 1.54) is 0 Å². The van der Waals surface area contributed by atoms with Gasteiger partial charge in [-0.1, -0.05) is 13.8 Å². The van der Waals surface area contributed by atoms with E-state index >= 15 is 0 Å². The maximum absolute atomic E-state index is 14.1. The van der Waals surface area contributed by atoms with Crippen LogP contribution in [0.4, 0.5) is 8.78 Å².